The highest BCUT2D eigenvalue weighted by atomic mass is 16.5. The van der Waals surface area contributed by atoms with Gasteiger partial charge in [-0.1, -0.05) is 32.0 Å². The van der Waals surface area contributed by atoms with E-state index in [1.54, 1.807) is 20.1 Å². The number of nitrogens with zero attached hydrogens (tertiary/aromatic N) is 2. The predicted molar refractivity (Wildman–Crippen MR) is 137 cm³/mol. The summed E-state index contributed by atoms with van der Waals surface area (Å²) in [6, 6.07) is 5.49. The number of ether oxygens (including phenoxy) is 1. The number of methoxy groups -OCH3 is 1. The molecule has 0 unspecified atom stereocenters. The lowest BCUT2D eigenvalue weighted by Gasteiger charge is -2.18. The van der Waals surface area contributed by atoms with Gasteiger partial charge in [-0.15, -0.1) is 0 Å². The van der Waals surface area contributed by atoms with E-state index in [0.717, 1.165) is 5.56 Å². The number of carbonyl (C=O) groups excluding carboxylic acids is 2. The fourth-order valence-corrected chi connectivity index (χ4v) is 3.72. The number of oxazole rings is 1. The van der Waals surface area contributed by atoms with Crippen LogP contribution in [0.1, 0.15) is 66.9 Å². The zero-order valence-corrected chi connectivity index (χ0v) is 21.6. The second kappa shape index (κ2) is 13.9. The van der Waals surface area contributed by atoms with Gasteiger partial charge >= 0.3 is 5.97 Å². The number of nitrogens with one attached hydrogen (secondary N) is 2. The minimum atomic E-state index is -1.19. The van der Waals surface area contributed by atoms with Crippen molar-refractivity contribution in [2.45, 2.75) is 58.5 Å². The normalized spacial score (nSPS) is 12.5. The van der Waals surface area contributed by atoms with Crippen molar-refractivity contribution < 1.29 is 28.6 Å². The van der Waals surface area contributed by atoms with Crippen molar-refractivity contribution in [2.75, 3.05) is 13.7 Å². The molecule has 0 saturated heterocycles. The van der Waals surface area contributed by atoms with Gasteiger partial charge in [-0.3, -0.25) is 14.6 Å². The Labute approximate surface area is 215 Å². The molecule has 202 valence electrons. The lowest BCUT2D eigenvalue weighted by Crippen LogP contribution is -2.41. The summed E-state index contributed by atoms with van der Waals surface area (Å²) in [6.45, 7) is 5.77. The number of carboxylic acids is 1. The van der Waals surface area contributed by atoms with Gasteiger partial charge in [0.1, 0.15) is 23.6 Å². The van der Waals surface area contributed by atoms with E-state index in [-0.39, 0.29) is 54.5 Å². The zero-order valence-electron chi connectivity index (χ0n) is 21.6. The van der Waals surface area contributed by atoms with Gasteiger partial charge in [-0.2, -0.15) is 0 Å². The number of aliphatic carboxylic acids is 1. The summed E-state index contributed by atoms with van der Waals surface area (Å²) in [7, 11) is 1.54. The number of aryl methyl sites for hydroxylation is 1. The van der Waals surface area contributed by atoms with Gasteiger partial charge in [-0.25, -0.2) is 9.78 Å². The van der Waals surface area contributed by atoms with Crippen LogP contribution >= 0.6 is 0 Å². The molecule has 0 bridgehead atoms. The number of carboxylic acid groups (broad SMARTS) is 1. The molecule has 2 amide bonds. The number of aromatic nitrogens is 1. The Morgan fingerprint density at radius 3 is 2.51 bits per heavy atom. The Morgan fingerprint density at radius 1 is 1.19 bits per heavy atom. The Morgan fingerprint density at radius 2 is 1.89 bits per heavy atom. The van der Waals surface area contributed by atoms with E-state index in [4.69, 9.17) is 20.6 Å². The number of guanidine groups is 1. The fourth-order valence-electron chi connectivity index (χ4n) is 3.72. The number of rotatable bonds is 14. The maximum atomic E-state index is 12.9. The first kappa shape index (κ1) is 29.1. The van der Waals surface area contributed by atoms with Crippen LogP contribution in [0.5, 0.6) is 5.75 Å². The Hall–Kier alpha value is -4.09. The maximum absolute atomic E-state index is 12.9. The fraction of sp³-hybridized carbons (Fsp3) is 0.480. The molecule has 0 aliphatic rings. The van der Waals surface area contributed by atoms with Crippen LogP contribution in [0, 0.1) is 12.8 Å². The molecule has 0 spiro atoms. The zero-order chi connectivity index (χ0) is 27.5. The standard InChI is InChI=1S/C25H36N6O6/c1-14(2)12-18(29-20(32)13-16-8-5-6-10-19(16)36-4)23-31-21(15(3)37-23)22(33)30-17(24(34)35)9-7-11-28-25(26)27/h5-6,8,10,14,17-18H,7,9,11-13H2,1-4H3,(H,29,32)(H,30,33)(H,34,35)(H4,26,27,28)/t17-,18-/m0/s1. The second-order valence-corrected chi connectivity index (χ2v) is 9.01. The van der Waals surface area contributed by atoms with Crippen molar-refractivity contribution in [3.05, 3.63) is 47.2 Å². The average molecular weight is 517 g/mol. The molecule has 12 heteroatoms. The highest BCUT2D eigenvalue weighted by molar-refractivity contribution is 5.95. The van der Waals surface area contributed by atoms with E-state index in [2.05, 4.69) is 20.6 Å². The van der Waals surface area contributed by atoms with Crippen molar-refractivity contribution in [3.8, 4) is 5.75 Å². The van der Waals surface area contributed by atoms with Crippen LogP contribution in [-0.4, -0.2) is 53.5 Å². The summed E-state index contributed by atoms with van der Waals surface area (Å²) in [5.74, 6) is -1.06. The average Bonchev–Trinajstić information content (AvgIpc) is 3.22. The van der Waals surface area contributed by atoms with Gasteiger partial charge < -0.3 is 36.4 Å². The van der Waals surface area contributed by atoms with E-state index < -0.39 is 24.0 Å². The molecule has 0 radical (unpaired) electrons. The van der Waals surface area contributed by atoms with Crippen LogP contribution in [-0.2, 0) is 16.0 Å². The van der Waals surface area contributed by atoms with Crippen molar-refractivity contribution in [1.82, 2.24) is 15.6 Å². The van der Waals surface area contributed by atoms with Gasteiger partial charge in [0.25, 0.3) is 5.91 Å². The molecule has 0 aliphatic heterocycles. The number of aliphatic imine (C=N–C) groups is 1. The number of para-hydroxylation sites is 1. The van der Waals surface area contributed by atoms with E-state index in [0.29, 0.717) is 18.6 Å². The first-order chi connectivity index (χ1) is 17.5. The third-order valence-electron chi connectivity index (χ3n) is 5.46. The quantitative estimate of drug-likeness (QED) is 0.141. The summed E-state index contributed by atoms with van der Waals surface area (Å²) in [6.07, 6.45) is 1.08. The molecule has 2 aromatic rings. The first-order valence-corrected chi connectivity index (χ1v) is 12.0. The molecule has 1 heterocycles. The highest BCUT2D eigenvalue weighted by Crippen LogP contribution is 2.24. The first-order valence-electron chi connectivity index (χ1n) is 12.0. The van der Waals surface area contributed by atoms with Crippen molar-refractivity contribution in [2.24, 2.45) is 22.4 Å². The molecule has 1 aromatic carbocycles. The SMILES string of the molecule is COc1ccccc1CC(=O)N[C@@H](CC(C)C)c1nc(C(=O)N[C@@H](CCCN=C(N)N)C(=O)O)c(C)o1. The van der Waals surface area contributed by atoms with E-state index in [9.17, 15) is 19.5 Å². The topological polar surface area (TPSA) is 195 Å². The maximum Gasteiger partial charge on any atom is 0.326 e. The molecule has 0 aliphatic carbocycles. The summed E-state index contributed by atoms with van der Waals surface area (Å²) in [5.41, 5.74) is 11.2. The van der Waals surface area contributed by atoms with E-state index in [1.807, 2.05) is 32.0 Å². The minimum absolute atomic E-state index is 0.0433. The van der Waals surface area contributed by atoms with Gasteiger partial charge in [0, 0.05) is 12.1 Å². The van der Waals surface area contributed by atoms with Gasteiger partial charge in [0.15, 0.2) is 11.7 Å². The summed E-state index contributed by atoms with van der Waals surface area (Å²) >= 11 is 0. The number of nitrogens with two attached hydrogens (primary N) is 2. The Balaban J connectivity index is 2.15. The monoisotopic (exact) mass is 516 g/mol. The van der Waals surface area contributed by atoms with Gasteiger partial charge in [-0.05, 0) is 38.2 Å². The van der Waals surface area contributed by atoms with E-state index >= 15 is 0 Å². The molecule has 0 saturated carbocycles. The van der Waals surface area contributed by atoms with Gasteiger partial charge in [0.05, 0.1) is 13.5 Å². The van der Waals surface area contributed by atoms with Crippen molar-refractivity contribution in [1.29, 1.82) is 0 Å². The highest BCUT2D eigenvalue weighted by Gasteiger charge is 2.28. The third kappa shape index (κ3) is 9.13. The molecule has 2 rings (SSSR count). The van der Waals surface area contributed by atoms with Crippen LogP contribution in [0.15, 0.2) is 33.7 Å². The number of carbonyl (C=O) groups is 3. The van der Waals surface area contributed by atoms with Crippen LogP contribution in [0.4, 0.5) is 0 Å². The molecular formula is C25H36N6O6. The minimum Gasteiger partial charge on any atom is -0.496 e. The summed E-state index contributed by atoms with van der Waals surface area (Å²) in [5, 5.41) is 14.9. The molecule has 37 heavy (non-hydrogen) atoms. The van der Waals surface area contributed by atoms with Crippen molar-refractivity contribution in [3.63, 3.8) is 0 Å². The van der Waals surface area contributed by atoms with Crippen LogP contribution in [0.2, 0.25) is 0 Å². The molecule has 1 aromatic heterocycles. The molecule has 2 atom stereocenters. The Kier molecular flexibility index (Phi) is 10.9. The molecular weight excluding hydrogens is 480 g/mol. The smallest absolute Gasteiger partial charge is 0.326 e. The predicted octanol–water partition coefficient (Wildman–Crippen LogP) is 1.67. The van der Waals surface area contributed by atoms with Crippen LogP contribution in [0.3, 0.4) is 0 Å². The van der Waals surface area contributed by atoms with Crippen LogP contribution in [0.25, 0.3) is 0 Å². The molecule has 0 fully saturated rings. The number of hydrogen-bond acceptors (Lipinski definition) is 7. The van der Waals surface area contributed by atoms with Crippen molar-refractivity contribution >= 4 is 23.7 Å². The third-order valence-corrected chi connectivity index (χ3v) is 5.46. The summed E-state index contributed by atoms with van der Waals surface area (Å²) < 4.78 is 11.1. The van der Waals surface area contributed by atoms with Crippen LogP contribution < -0.4 is 26.8 Å². The molecule has 7 N–H and O–H groups in total. The summed E-state index contributed by atoms with van der Waals surface area (Å²) in [4.78, 5) is 45.5. The second-order valence-electron chi connectivity index (χ2n) is 9.01. The largest absolute Gasteiger partial charge is 0.496 e. The van der Waals surface area contributed by atoms with Gasteiger partial charge in [0.2, 0.25) is 11.8 Å². The lowest BCUT2D eigenvalue weighted by molar-refractivity contribution is -0.139. The number of hydrogen-bond donors (Lipinski definition) is 5. The molecule has 12 nitrogen and oxygen atoms in total. The number of amides is 2. The lowest BCUT2D eigenvalue weighted by atomic mass is 10.0. The van der Waals surface area contributed by atoms with E-state index in [1.165, 1.54) is 0 Å². The Bertz CT molecular complexity index is 1110. The number of benzene rings is 1.